The molecule has 4 aromatic rings. The second-order valence-electron chi connectivity index (χ2n) is 8.05. The first-order valence-electron chi connectivity index (χ1n) is 10.7. The number of anilines is 2. The Balaban J connectivity index is 1.23. The third-order valence-electron chi connectivity index (χ3n) is 5.64. The number of hydrogen-bond acceptors (Lipinski definition) is 6. The summed E-state index contributed by atoms with van der Waals surface area (Å²) in [6.07, 6.45) is 0.741. The summed E-state index contributed by atoms with van der Waals surface area (Å²) in [5.41, 5.74) is 1.41. The van der Waals surface area contributed by atoms with Gasteiger partial charge in [0.05, 0.1) is 11.1 Å². The maximum atomic E-state index is 14.3. The van der Waals surface area contributed by atoms with Gasteiger partial charge in [-0.1, -0.05) is 6.07 Å². The number of ether oxygens (including phenoxy) is 1. The predicted molar refractivity (Wildman–Crippen MR) is 119 cm³/mol. The number of fused-ring (bicyclic) bond motifs is 1. The van der Waals surface area contributed by atoms with Crippen molar-refractivity contribution in [3.63, 3.8) is 0 Å². The Morgan fingerprint density at radius 1 is 0.971 bits per heavy atom. The average molecular weight is 472 g/mol. The number of imidazole rings is 1. The highest BCUT2D eigenvalue weighted by Crippen LogP contribution is 2.36. The number of benzene rings is 1. The van der Waals surface area contributed by atoms with Crippen molar-refractivity contribution in [2.24, 2.45) is 0 Å². The predicted octanol–water partition coefficient (Wildman–Crippen LogP) is 5.50. The minimum absolute atomic E-state index is 0.149. The summed E-state index contributed by atoms with van der Waals surface area (Å²) < 4.78 is 56.4. The van der Waals surface area contributed by atoms with Crippen LogP contribution in [0.2, 0.25) is 0 Å². The number of aromatic nitrogens is 4. The number of aromatic amines is 1. The number of rotatable bonds is 6. The van der Waals surface area contributed by atoms with Crippen molar-refractivity contribution in [2.75, 3.05) is 10.6 Å². The van der Waals surface area contributed by atoms with E-state index >= 15 is 0 Å². The quantitative estimate of drug-likeness (QED) is 0.321. The van der Waals surface area contributed by atoms with Gasteiger partial charge in [-0.25, -0.2) is 14.4 Å². The monoisotopic (exact) mass is 472 g/mol. The SMILES string of the molecule is Fc1cccc(OC(F)(F)F)c1-c1ccc(NC2CCC(Nc3nc4ncccc4[nH]3)C2)nc1. The van der Waals surface area contributed by atoms with Gasteiger partial charge in [0.1, 0.15) is 17.4 Å². The Kier molecular flexibility index (Phi) is 5.68. The van der Waals surface area contributed by atoms with Gasteiger partial charge in [0.25, 0.3) is 0 Å². The number of hydrogen-bond donors (Lipinski definition) is 3. The lowest BCUT2D eigenvalue weighted by Crippen LogP contribution is -2.21. The summed E-state index contributed by atoms with van der Waals surface area (Å²) in [5, 5.41) is 6.72. The zero-order chi connectivity index (χ0) is 23.7. The standard InChI is InChI=1S/C23H20F4N6O/c24-16-3-1-5-18(34-23(25,26)27)20(16)13-6-9-19(29-12-13)30-14-7-8-15(11-14)31-22-32-17-4-2-10-28-21(17)33-22/h1-6,9-10,12,14-15H,7-8,11H2,(H,29,30)(H2,28,31,32,33). The van der Waals surface area contributed by atoms with Crippen molar-refractivity contribution in [3.05, 3.63) is 60.7 Å². The van der Waals surface area contributed by atoms with Gasteiger partial charge < -0.3 is 20.4 Å². The number of H-pyrrole nitrogens is 1. The number of pyridine rings is 2. The molecule has 0 aliphatic heterocycles. The molecule has 0 radical (unpaired) electrons. The van der Waals surface area contributed by atoms with Crippen LogP contribution in [-0.2, 0) is 0 Å². The number of nitrogens with one attached hydrogen (secondary N) is 3. The van der Waals surface area contributed by atoms with Crippen LogP contribution < -0.4 is 15.4 Å². The molecule has 5 rings (SSSR count). The molecule has 176 valence electrons. The van der Waals surface area contributed by atoms with E-state index in [2.05, 4.69) is 35.3 Å². The summed E-state index contributed by atoms with van der Waals surface area (Å²) in [6.45, 7) is 0. The molecule has 0 saturated heterocycles. The van der Waals surface area contributed by atoms with Crippen molar-refractivity contribution in [1.82, 2.24) is 19.9 Å². The number of alkyl halides is 3. The highest BCUT2D eigenvalue weighted by Gasteiger charge is 2.33. The zero-order valence-electron chi connectivity index (χ0n) is 17.7. The molecule has 1 aromatic carbocycles. The van der Waals surface area contributed by atoms with Crippen LogP contribution >= 0.6 is 0 Å². The van der Waals surface area contributed by atoms with Crippen molar-refractivity contribution < 1.29 is 22.3 Å². The molecule has 2 atom stereocenters. The number of halogens is 4. The van der Waals surface area contributed by atoms with Crippen LogP contribution in [0, 0.1) is 5.82 Å². The molecule has 34 heavy (non-hydrogen) atoms. The topological polar surface area (TPSA) is 87.8 Å². The molecule has 3 aromatic heterocycles. The fourth-order valence-electron chi connectivity index (χ4n) is 4.18. The number of nitrogens with zero attached hydrogens (tertiary/aromatic N) is 3. The maximum absolute atomic E-state index is 14.3. The lowest BCUT2D eigenvalue weighted by atomic mass is 10.1. The summed E-state index contributed by atoms with van der Waals surface area (Å²) in [5.74, 6) is -0.212. The van der Waals surface area contributed by atoms with E-state index in [0.29, 0.717) is 17.4 Å². The van der Waals surface area contributed by atoms with Crippen LogP contribution in [-0.4, -0.2) is 38.4 Å². The third kappa shape index (κ3) is 4.87. The first kappa shape index (κ1) is 21.9. The molecule has 1 aliphatic carbocycles. The Morgan fingerprint density at radius 3 is 2.53 bits per heavy atom. The molecule has 11 heteroatoms. The van der Waals surface area contributed by atoms with Gasteiger partial charge in [0.2, 0.25) is 5.95 Å². The molecule has 0 bridgehead atoms. The molecule has 0 amide bonds. The molecule has 3 N–H and O–H groups in total. The summed E-state index contributed by atoms with van der Waals surface area (Å²) in [6, 6.07) is 10.6. The lowest BCUT2D eigenvalue weighted by molar-refractivity contribution is -0.274. The van der Waals surface area contributed by atoms with E-state index in [4.69, 9.17) is 0 Å². The van der Waals surface area contributed by atoms with E-state index in [0.717, 1.165) is 43.0 Å². The second kappa shape index (κ2) is 8.81. The first-order valence-corrected chi connectivity index (χ1v) is 10.7. The Labute approximate surface area is 191 Å². The van der Waals surface area contributed by atoms with Crippen molar-refractivity contribution in [2.45, 2.75) is 37.7 Å². The fourth-order valence-corrected chi connectivity index (χ4v) is 4.18. The van der Waals surface area contributed by atoms with E-state index in [1.54, 1.807) is 12.3 Å². The molecule has 7 nitrogen and oxygen atoms in total. The fraction of sp³-hybridized carbons (Fsp3) is 0.261. The Bertz CT molecular complexity index is 1260. The molecule has 1 fully saturated rings. The highest BCUT2D eigenvalue weighted by molar-refractivity contribution is 5.73. The van der Waals surface area contributed by atoms with Gasteiger partial charge in [0, 0.05) is 30.0 Å². The van der Waals surface area contributed by atoms with Gasteiger partial charge in [-0.3, -0.25) is 0 Å². The summed E-state index contributed by atoms with van der Waals surface area (Å²) in [4.78, 5) is 16.1. The van der Waals surface area contributed by atoms with E-state index in [1.807, 2.05) is 12.1 Å². The first-order chi connectivity index (χ1) is 16.3. The van der Waals surface area contributed by atoms with E-state index < -0.39 is 17.9 Å². The smallest absolute Gasteiger partial charge is 0.405 e. The highest BCUT2D eigenvalue weighted by atomic mass is 19.4. The second-order valence-corrected chi connectivity index (χ2v) is 8.05. The minimum Gasteiger partial charge on any atom is -0.405 e. The van der Waals surface area contributed by atoms with Crippen molar-refractivity contribution in [1.29, 1.82) is 0 Å². The molecule has 1 aliphatic rings. The largest absolute Gasteiger partial charge is 0.573 e. The van der Waals surface area contributed by atoms with Crippen LogP contribution in [0.25, 0.3) is 22.3 Å². The van der Waals surface area contributed by atoms with Crippen LogP contribution in [0.5, 0.6) is 5.75 Å². The van der Waals surface area contributed by atoms with Gasteiger partial charge in [-0.15, -0.1) is 13.2 Å². The minimum atomic E-state index is -4.93. The van der Waals surface area contributed by atoms with E-state index in [9.17, 15) is 17.6 Å². The average Bonchev–Trinajstić information content (AvgIpc) is 3.40. The molecule has 0 spiro atoms. The van der Waals surface area contributed by atoms with Gasteiger partial charge in [-0.05, 0) is 55.7 Å². The van der Waals surface area contributed by atoms with Crippen LogP contribution in [0.1, 0.15) is 19.3 Å². The van der Waals surface area contributed by atoms with Gasteiger partial charge in [0.15, 0.2) is 5.65 Å². The van der Waals surface area contributed by atoms with Crippen LogP contribution in [0.3, 0.4) is 0 Å². The summed E-state index contributed by atoms with van der Waals surface area (Å²) >= 11 is 0. The Hall–Kier alpha value is -3.89. The molecule has 1 saturated carbocycles. The normalized spacial score (nSPS) is 18.2. The van der Waals surface area contributed by atoms with Crippen molar-refractivity contribution >= 4 is 22.9 Å². The Morgan fingerprint density at radius 2 is 1.79 bits per heavy atom. The molecule has 3 heterocycles. The molecular formula is C23H20F4N6O. The third-order valence-corrected chi connectivity index (χ3v) is 5.64. The van der Waals surface area contributed by atoms with Gasteiger partial charge >= 0.3 is 6.36 Å². The van der Waals surface area contributed by atoms with Crippen LogP contribution in [0.15, 0.2) is 54.9 Å². The lowest BCUT2D eigenvalue weighted by Gasteiger charge is -2.16. The maximum Gasteiger partial charge on any atom is 0.573 e. The van der Waals surface area contributed by atoms with Crippen molar-refractivity contribution in [3.8, 4) is 16.9 Å². The van der Waals surface area contributed by atoms with E-state index in [1.165, 1.54) is 12.3 Å². The van der Waals surface area contributed by atoms with Gasteiger partial charge in [-0.2, -0.15) is 4.98 Å². The van der Waals surface area contributed by atoms with E-state index in [-0.39, 0.29) is 23.2 Å². The van der Waals surface area contributed by atoms with Crippen LogP contribution in [0.4, 0.5) is 29.3 Å². The molecule has 2 unspecified atom stereocenters. The summed E-state index contributed by atoms with van der Waals surface area (Å²) in [7, 11) is 0. The molecular weight excluding hydrogens is 452 g/mol. The zero-order valence-corrected chi connectivity index (χ0v) is 17.7.